The molecular weight excluding hydrogens is 340 g/mol. The van der Waals surface area contributed by atoms with Crippen molar-refractivity contribution in [1.82, 2.24) is 0 Å². The lowest BCUT2D eigenvalue weighted by atomic mass is 9.47. The Balaban J connectivity index is 1.55. The molecule has 2 fully saturated rings. The molecule has 0 bridgehead atoms. The number of carbonyl (C=O) groups excluding carboxylic acids is 1. The Morgan fingerprint density at radius 3 is 2.57 bits per heavy atom. The zero-order valence-corrected chi connectivity index (χ0v) is 19.0. The fraction of sp³-hybridized carbons (Fsp3) is 0.815. The van der Waals surface area contributed by atoms with E-state index < -0.39 is 0 Å². The minimum absolute atomic E-state index is 0.246. The van der Waals surface area contributed by atoms with Gasteiger partial charge in [-0.05, 0) is 90.6 Å². The molecule has 4 rings (SSSR count). The van der Waals surface area contributed by atoms with Crippen LogP contribution in [0.15, 0.2) is 23.8 Å². The summed E-state index contributed by atoms with van der Waals surface area (Å²) in [6.07, 6.45) is 18.4. The van der Waals surface area contributed by atoms with Gasteiger partial charge in [0, 0.05) is 5.92 Å². The van der Waals surface area contributed by atoms with Gasteiger partial charge in [0.05, 0.1) is 0 Å². The summed E-state index contributed by atoms with van der Waals surface area (Å²) in [5.74, 6) is 4.42. The van der Waals surface area contributed by atoms with Gasteiger partial charge < -0.3 is 0 Å². The summed E-state index contributed by atoms with van der Waals surface area (Å²) in [5, 5.41) is 0. The van der Waals surface area contributed by atoms with Gasteiger partial charge in [-0.25, -0.2) is 0 Å². The van der Waals surface area contributed by atoms with Crippen LogP contribution in [0.1, 0.15) is 92.4 Å². The Morgan fingerprint density at radius 2 is 1.82 bits per heavy atom. The van der Waals surface area contributed by atoms with E-state index in [4.69, 9.17) is 0 Å². The number of ketones is 1. The minimum atomic E-state index is 0.246. The van der Waals surface area contributed by atoms with Gasteiger partial charge in [-0.2, -0.15) is 0 Å². The van der Waals surface area contributed by atoms with Crippen molar-refractivity contribution in [2.75, 3.05) is 0 Å². The zero-order valence-electron chi connectivity index (χ0n) is 19.0. The van der Waals surface area contributed by atoms with E-state index in [9.17, 15) is 4.79 Å². The number of carbonyl (C=O) groups is 1. The lowest BCUT2D eigenvalue weighted by Gasteiger charge is -2.56. The third-order valence-corrected chi connectivity index (χ3v) is 9.70. The van der Waals surface area contributed by atoms with Crippen LogP contribution in [0.4, 0.5) is 0 Å². The van der Waals surface area contributed by atoms with Crippen LogP contribution in [0.2, 0.25) is 0 Å². The van der Waals surface area contributed by atoms with E-state index in [2.05, 4.69) is 52.8 Å². The molecule has 0 radical (unpaired) electrons. The lowest BCUT2D eigenvalue weighted by Crippen LogP contribution is -2.52. The summed E-state index contributed by atoms with van der Waals surface area (Å²) >= 11 is 0. The molecule has 1 nitrogen and oxygen atoms in total. The molecule has 1 heteroatoms. The van der Waals surface area contributed by atoms with E-state index in [1.165, 1.54) is 63.4 Å². The third kappa shape index (κ3) is 3.16. The second-order valence-electron chi connectivity index (χ2n) is 11.6. The molecule has 0 saturated heterocycles. The molecule has 0 unspecified atom stereocenters. The molecule has 0 aromatic heterocycles. The van der Waals surface area contributed by atoms with Gasteiger partial charge in [-0.3, -0.25) is 4.79 Å². The molecule has 0 spiro atoms. The van der Waals surface area contributed by atoms with Crippen LogP contribution in [0, 0.1) is 46.3 Å². The van der Waals surface area contributed by atoms with Crippen molar-refractivity contribution in [3.8, 4) is 0 Å². The average molecular weight is 383 g/mol. The Morgan fingerprint density at radius 1 is 1.04 bits per heavy atom. The predicted octanol–water partition coefficient (Wildman–Crippen LogP) is 7.37. The summed E-state index contributed by atoms with van der Waals surface area (Å²) in [6, 6.07) is 0. The number of fused-ring (bicyclic) bond motifs is 5. The molecule has 0 aromatic carbocycles. The van der Waals surface area contributed by atoms with Gasteiger partial charge in [0.25, 0.3) is 0 Å². The van der Waals surface area contributed by atoms with E-state index in [1.54, 1.807) is 0 Å². The monoisotopic (exact) mass is 382 g/mol. The number of allylic oxidation sites excluding steroid dienone is 4. The first-order valence-electron chi connectivity index (χ1n) is 12.2. The first-order chi connectivity index (χ1) is 13.3. The van der Waals surface area contributed by atoms with Crippen LogP contribution in [0.5, 0.6) is 0 Å². The summed E-state index contributed by atoms with van der Waals surface area (Å²) in [4.78, 5) is 13.3. The van der Waals surface area contributed by atoms with Crippen molar-refractivity contribution in [3.05, 3.63) is 23.8 Å². The van der Waals surface area contributed by atoms with Gasteiger partial charge >= 0.3 is 0 Å². The Kier molecular flexibility index (Phi) is 5.43. The number of hydrogen-bond donors (Lipinski definition) is 0. The Labute approximate surface area is 173 Å². The van der Waals surface area contributed by atoms with Gasteiger partial charge in [0.1, 0.15) is 0 Å². The highest BCUT2D eigenvalue weighted by molar-refractivity contribution is 5.95. The number of rotatable bonds is 5. The summed E-state index contributed by atoms with van der Waals surface area (Å²) in [6.45, 7) is 12.2. The maximum absolute atomic E-state index is 13.3. The predicted molar refractivity (Wildman–Crippen MR) is 118 cm³/mol. The summed E-state index contributed by atoms with van der Waals surface area (Å²) < 4.78 is 0. The smallest absolute Gasteiger partial charge is 0.159 e. The second kappa shape index (κ2) is 7.44. The zero-order chi connectivity index (χ0) is 20.1. The van der Waals surface area contributed by atoms with E-state index in [-0.39, 0.29) is 5.41 Å². The Bertz CT molecular complexity index is 670. The maximum atomic E-state index is 13.3. The third-order valence-electron chi connectivity index (χ3n) is 9.70. The number of hydrogen-bond acceptors (Lipinski definition) is 1. The highest BCUT2D eigenvalue weighted by atomic mass is 16.1. The first-order valence-corrected chi connectivity index (χ1v) is 12.2. The van der Waals surface area contributed by atoms with Crippen molar-refractivity contribution < 1.29 is 4.79 Å². The van der Waals surface area contributed by atoms with Crippen LogP contribution in [-0.2, 0) is 4.79 Å². The van der Waals surface area contributed by atoms with Crippen LogP contribution in [0.25, 0.3) is 0 Å². The van der Waals surface area contributed by atoms with Crippen LogP contribution < -0.4 is 0 Å². The van der Waals surface area contributed by atoms with Gasteiger partial charge in [-0.15, -0.1) is 0 Å². The van der Waals surface area contributed by atoms with Crippen molar-refractivity contribution in [3.63, 3.8) is 0 Å². The molecule has 0 N–H and O–H groups in total. The fourth-order valence-electron chi connectivity index (χ4n) is 8.07. The van der Waals surface area contributed by atoms with E-state index >= 15 is 0 Å². The molecule has 2 saturated carbocycles. The van der Waals surface area contributed by atoms with Gasteiger partial charge in [0.2, 0.25) is 0 Å². The normalized spacial score (nSPS) is 43.4. The van der Waals surface area contributed by atoms with E-state index in [1.807, 2.05) is 0 Å². The highest BCUT2D eigenvalue weighted by Crippen LogP contribution is 2.66. The molecule has 28 heavy (non-hydrogen) atoms. The molecule has 0 aromatic rings. The largest absolute Gasteiger partial charge is 0.295 e. The molecule has 0 amide bonds. The van der Waals surface area contributed by atoms with Crippen molar-refractivity contribution >= 4 is 5.78 Å². The van der Waals surface area contributed by atoms with Crippen LogP contribution in [-0.4, -0.2) is 5.78 Å². The summed E-state index contributed by atoms with van der Waals surface area (Å²) in [7, 11) is 0. The average Bonchev–Trinajstić information content (AvgIpc) is 2.99. The molecule has 4 aliphatic rings. The van der Waals surface area contributed by atoms with Crippen LogP contribution in [0.3, 0.4) is 0 Å². The van der Waals surface area contributed by atoms with Crippen molar-refractivity contribution in [2.45, 2.75) is 92.4 Å². The standard InChI is InChI=1S/C27H42O/c1-18(2)9-8-10-19(3)21-12-13-22-25-23(14-16-27(21,22)5)26(4)15-7-6-11-20(26)17-24(25)28/h6,11,17-19,21-23,25H,7-10,12-16H2,1-5H3/t19-,21-,22+,23-,25+,26+,27-/m1/s1. The highest BCUT2D eigenvalue weighted by Gasteiger charge is 2.60. The summed E-state index contributed by atoms with van der Waals surface area (Å²) in [5.41, 5.74) is 1.97. The second-order valence-corrected chi connectivity index (χ2v) is 11.6. The van der Waals surface area contributed by atoms with E-state index in [0.717, 1.165) is 17.8 Å². The van der Waals surface area contributed by atoms with Gasteiger partial charge in [0.15, 0.2) is 5.78 Å². The molecule has 0 aliphatic heterocycles. The topological polar surface area (TPSA) is 17.1 Å². The first kappa shape index (κ1) is 20.4. The molecule has 156 valence electrons. The molecule has 7 atom stereocenters. The van der Waals surface area contributed by atoms with Crippen molar-refractivity contribution in [1.29, 1.82) is 0 Å². The van der Waals surface area contributed by atoms with E-state index in [0.29, 0.717) is 29.0 Å². The quantitative estimate of drug-likeness (QED) is 0.485. The van der Waals surface area contributed by atoms with Gasteiger partial charge in [-0.1, -0.05) is 66.0 Å². The fourth-order valence-corrected chi connectivity index (χ4v) is 8.07. The Hall–Kier alpha value is -0.850. The van der Waals surface area contributed by atoms with Crippen LogP contribution >= 0.6 is 0 Å². The SMILES string of the molecule is CC(C)CCC[C@@H](C)[C@H]1CC[C@H]2[C@@H]3C(=O)C=C4C=CCC[C@]4(C)[C@@H]3CC[C@]12C. The minimum Gasteiger partial charge on any atom is -0.295 e. The van der Waals surface area contributed by atoms with Crippen molar-refractivity contribution in [2.24, 2.45) is 46.3 Å². The maximum Gasteiger partial charge on any atom is 0.159 e. The molecule has 4 aliphatic carbocycles. The molecule has 0 heterocycles. The lowest BCUT2D eigenvalue weighted by molar-refractivity contribution is -0.133. The molecular formula is C27H42O.